The molecule has 0 radical (unpaired) electrons. The molecular weight excluding hydrogens is 236 g/mol. The Kier molecular flexibility index (Phi) is 7.44. The van der Waals surface area contributed by atoms with Gasteiger partial charge in [-0.15, -0.1) is 12.4 Å². The Morgan fingerprint density at radius 1 is 1.12 bits per heavy atom. The number of morpholine rings is 1. The van der Waals surface area contributed by atoms with Crippen molar-refractivity contribution in [3.8, 4) is 0 Å². The molecule has 1 heterocycles. The molecule has 1 atom stereocenters. The number of nitrogens with zero attached hydrogens (tertiary/aromatic N) is 1. The van der Waals surface area contributed by atoms with Gasteiger partial charge in [-0.05, 0) is 18.8 Å². The lowest BCUT2D eigenvalue weighted by atomic mass is 9.99. The fraction of sp³-hybridized carbons (Fsp3) is 1.00. The van der Waals surface area contributed by atoms with Gasteiger partial charge in [-0.1, -0.05) is 25.7 Å². The minimum atomic E-state index is 0. The lowest BCUT2D eigenvalue weighted by Gasteiger charge is -2.34. The molecule has 17 heavy (non-hydrogen) atoms. The molecule has 0 spiro atoms. The summed E-state index contributed by atoms with van der Waals surface area (Å²) in [6.07, 6.45) is 8.93. The molecule has 3 nitrogen and oxygen atoms in total. The van der Waals surface area contributed by atoms with E-state index in [-0.39, 0.29) is 18.5 Å². The maximum Gasteiger partial charge on any atom is 0.0824 e. The van der Waals surface area contributed by atoms with Crippen LogP contribution < -0.4 is 5.73 Å². The van der Waals surface area contributed by atoms with Crippen molar-refractivity contribution in [1.82, 2.24) is 4.90 Å². The molecule has 102 valence electrons. The summed E-state index contributed by atoms with van der Waals surface area (Å²) in [5, 5.41) is 0. The van der Waals surface area contributed by atoms with E-state index in [2.05, 4.69) is 4.90 Å². The zero-order valence-electron chi connectivity index (χ0n) is 10.8. The summed E-state index contributed by atoms with van der Waals surface area (Å²) in [6, 6.07) is 0. The van der Waals surface area contributed by atoms with Crippen LogP contribution >= 0.6 is 12.4 Å². The largest absolute Gasteiger partial charge is 0.374 e. The molecule has 2 N–H and O–H groups in total. The van der Waals surface area contributed by atoms with E-state index in [4.69, 9.17) is 10.5 Å². The molecule has 0 aromatic heterocycles. The van der Waals surface area contributed by atoms with Crippen LogP contribution in [0.3, 0.4) is 0 Å². The van der Waals surface area contributed by atoms with Crippen molar-refractivity contribution in [2.75, 3.05) is 32.8 Å². The molecule has 2 aliphatic rings. The quantitative estimate of drug-likeness (QED) is 0.791. The van der Waals surface area contributed by atoms with Crippen LogP contribution in [0.5, 0.6) is 0 Å². The Hall–Kier alpha value is 0.170. The molecular formula is C13H27ClN2O. The van der Waals surface area contributed by atoms with Gasteiger partial charge in [0.2, 0.25) is 0 Å². The smallest absolute Gasteiger partial charge is 0.0824 e. The van der Waals surface area contributed by atoms with Gasteiger partial charge in [0.05, 0.1) is 12.7 Å². The molecule has 1 unspecified atom stereocenters. The highest BCUT2D eigenvalue weighted by Crippen LogP contribution is 2.24. The Morgan fingerprint density at radius 3 is 2.47 bits per heavy atom. The van der Waals surface area contributed by atoms with Crippen LogP contribution in [-0.2, 0) is 4.74 Å². The van der Waals surface area contributed by atoms with Crippen molar-refractivity contribution >= 4 is 12.4 Å². The summed E-state index contributed by atoms with van der Waals surface area (Å²) in [5.74, 6) is 0.930. The van der Waals surface area contributed by atoms with E-state index in [1.165, 1.54) is 45.1 Å². The van der Waals surface area contributed by atoms with Crippen molar-refractivity contribution in [3.05, 3.63) is 0 Å². The van der Waals surface area contributed by atoms with Gasteiger partial charge in [-0.3, -0.25) is 4.90 Å². The summed E-state index contributed by atoms with van der Waals surface area (Å²) < 4.78 is 5.60. The van der Waals surface area contributed by atoms with Crippen LogP contribution in [0.15, 0.2) is 0 Å². The molecule has 4 heteroatoms. The molecule has 1 saturated carbocycles. The van der Waals surface area contributed by atoms with Gasteiger partial charge < -0.3 is 10.5 Å². The molecule has 0 bridgehead atoms. The lowest BCUT2D eigenvalue weighted by Crippen LogP contribution is -2.47. The standard InChI is InChI=1S/C13H26N2O.ClH/c14-9-13-11-15(7-8-16-13)10-12-5-3-1-2-4-6-12;/h12-13H,1-11,14H2;1H. The predicted octanol–water partition coefficient (Wildman–Crippen LogP) is 2.04. The van der Waals surface area contributed by atoms with Crippen LogP contribution in [0.4, 0.5) is 0 Å². The van der Waals surface area contributed by atoms with Crippen molar-refractivity contribution in [1.29, 1.82) is 0 Å². The fourth-order valence-electron chi connectivity index (χ4n) is 3.00. The molecule has 0 aromatic carbocycles. The number of nitrogens with two attached hydrogens (primary N) is 1. The summed E-state index contributed by atoms with van der Waals surface area (Å²) in [6.45, 7) is 4.97. The third-order valence-electron chi connectivity index (χ3n) is 3.98. The van der Waals surface area contributed by atoms with Gasteiger partial charge in [-0.2, -0.15) is 0 Å². The topological polar surface area (TPSA) is 38.5 Å². The summed E-state index contributed by atoms with van der Waals surface area (Å²) in [4.78, 5) is 2.57. The number of hydrogen-bond donors (Lipinski definition) is 1. The fourth-order valence-corrected chi connectivity index (χ4v) is 3.00. The number of rotatable bonds is 3. The zero-order chi connectivity index (χ0) is 11.2. The number of ether oxygens (including phenoxy) is 1. The highest BCUT2D eigenvalue weighted by atomic mass is 35.5. The predicted molar refractivity (Wildman–Crippen MR) is 73.7 cm³/mol. The average Bonchev–Trinajstić information content (AvgIpc) is 2.58. The molecule has 2 rings (SSSR count). The maximum absolute atomic E-state index is 5.67. The molecule has 1 saturated heterocycles. The van der Waals surface area contributed by atoms with Crippen molar-refractivity contribution in [3.63, 3.8) is 0 Å². The van der Waals surface area contributed by atoms with Crippen molar-refractivity contribution < 1.29 is 4.74 Å². The van der Waals surface area contributed by atoms with Gasteiger partial charge in [0.15, 0.2) is 0 Å². The third kappa shape index (κ3) is 5.12. The normalized spacial score (nSPS) is 28.4. The second-order valence-electron chi connectivity index (χ2n) is 5.35. The van der Waals surface area contributed by atoms with Gasteiger partial charge in [0.1, 0.15) is 0 Å². The van der Waals surface area contributed by atoms with E-state index in [0.717, 1.165) is 25.6 Å². The summed E-state index contributed by atoms with van der Waals surface area (Å²) in [7, 11) is 0. The van der Waals surface area contributed by atoms with E-state index in [0.29, 0.717) is 6.54 Å². The highest BCUT2D eigenvalue weighted by Gasteiger charge is 2.22. The van der Waals surface area contributed by atoms with Crippen LogP contribution in [-0.4, -0.2) is 43.8 Å². The van der Waals surface area contributed by atoms with E-state index < -0.39 is 0 Å². The second-order valence-corrected chi connectivity index (χ2v) is 5.35. The minimum absolute atomic E-state index is 0. The monoisotopic (exact) mass is 262 g/mol. The first-order valence-electron chi connectivity index (χ1n) is 6.92. The van der Waals surface area contributed by atoms with Crippen molar-refractivity contribution in [2.45, 2.75) is 44.6 Å². The van der Waals surface area contributed by atoms with Crippen LogP contribution in [0.1, 0.15) is 38.5 Å². The Labute approximate surface area is 111 Å². The van der Waals surface area contributed by atoms with Gasteiger partial charge >= 0.3 is 0 Å². The summed E-state index contributed by atoms with van der Waals surface area (Å²) in [5.41, 5.74) is 5.67. The van der Waals surface area contributed by atoms with E-state index >= 15 is 0 Å². The van der Waals surface area contributed by atoms with Crippen LogP contribution in [0.25, 0.3) is 0 Å². The van der Waals surface area contributed by atoms with Gasteiger partial charge in [0, 0.05) is 26.2 Å². The first kappa shape index (κ1) is 15.2. The Balaban J connectivity index is 0.00000144. The SMILES string of the molecule is Cl.NCC1CN(CC2CCCCCC2)CCO1. The molecule has 1 aliphatic heterocycles. The zero-order valence-corrected chi connectivity index (χ0v) is 11.6. The van der Waals surface area contributed by atoms with Crippen molar-refractivity contribution in [2.24, 2.45) is 11.7 Å². The first-order valence-corrected chi connectivity index (χ1v) is 6.92. The molecule has 0 aromatic rings. The van der Waals surface area contributed by atoms with Crippen LogP contribution in [0, 0.1) is 5.92 Å². The Bertz CT molecular complexity index is 196. The second kappa shape index (κ2) is 8.30. The van der Waals surface area contributed by atoms with E-state index in [9.17, 15) is 0 Å². The lowest BCUT2D eigenvalue weighted by molar-refractivity contribution is -0.0283. The van der Waals surface area contributed by atoms with Crippen LogP contribution in [0.2, 0.25) is 0 Å². The molecule has 2 fully saturated rings. The maximum atomic E-state index is 5.67. The number of halogens is 1. The minimum Gasteiger partial charge on any atom is -0.374 e. The number of hydrogen-bond acceptors (Lipinski definition) is 3. The summed E-state index contributed by atoms with van der Waals surface area (Å²) >= 11 is 0. The third-order valence-corrected chi connectivity index (χ3v) is 3.98. The van der Waals surface area contributed by atoms with Gasteiger partial charge in [-0.25, -0.2) is 0 Å². The first-order chi connectivity index (χ1) is 7.88. The molecule has 1 aliphatic carbocycles. The highest BCUT2D eigenvalue weighted by molar-refractivity contribution is 5.85. The molecule has 0 amide bonds. The van der Waals surface area contributed by atoms with E-state index in [1.54, 1.807) is 0 Å². The van der Waals surface area contributed by atoms with Gasteiger partial charge in [0.25, 0.3) is 0 Å². The van der Waals surface area contributed by atoms with E-state index in [1.807, 2.05) is 0 Å². The Morgan fingerprint density at radius 2 is 1.82 bits per heavy atom. The average molecular weight is 263 g/mol.